The van der Waals surface area contributed by atoms with Crippen molar-refractivity contribution in [2.45, 2.75) is 45.8 Å². The summed E-state index contributed by atoms with van der Waals surface area (Å²) in [6, 6.07) is 5.43. The number of rotatable bonds is 1. The van der Waals surface area contributed by atoms with Crippen LogP contribution in [0.5, 0.6) is 5.75 Å². The van der Waals surface area contributed by atoms with Gasteiger partial charge in [-0.2, -0.15) is 0 Å². The van der Waals surface area contributed by atoms with E-state index in [1.165, 1.54) is 0 Å². The van der Waals surface area contributed by atoms with Gasteiger partial charge in [-0.1, -0.05) is 32.4 Å². The Kier molecular flexibility index (Phi) is 3.37. The molecule has 2 nitrogen and oxygen atoms in total. The number of hydrogen-bond donors (Lipinski definition) is 1. The van der Waals surface area contributed by atoms with Gasteiger partial charge in [-0.3, -0.25) is 0 Å². The summed E-state index contributed by atoms with van der Waals surface area (Å²) in [5, 5.41) is 10.8. The minimum atomic E-state index is -0.468. The van der Waals surface area contributed by atoms with Gasteiger partial charge in [-0.05, 0) is 30.0 Å². The van der Waals surface area contributed by atoms with Gasteiger partial charge in [0.2, 0.25) is 0 Å². The fourth-order valence-electron chi connectivity index (χ4n) is 2.30. The number of halogens is 1. The van der Waals surface area contributed by atoms with Gasteiger partial charge >= 0.3 is 0 Å². The summed E-state index contributed by atoms with van der Waals surface area (Å²) in [4.78, 5) is 0. The Morgan fingerprint density at radius 3 is 2.76 bits per heavy atom. The van der Waals surface area contributed by atoms with Crippen LogP contribution in [0.2, 0.25) is 5.02 Å². The summed E-state index contributed by atoms with van der Waals surface area (Å²) in [6.45, 7) is 6.54. The first-order valence-electron chi connectivity index (χ1n) is 5.99. The molecule has 1 heterocycles. The van der Waals surface area contributed by atoms with Crippen molar-refractivity contribution in [3.63, 3.8) is 0 Å². The van der Waals surface area contributed by atoms with Crippen LogP contribution in [0.4, 0.5) is 0 Å². The van der Waals surface area contributed by atoms with Gasteiger partial charge in [-0.15, -0.1) is 0 Å². The second-order valence-corrected chi connectivity index (χ2v) is 6.37. The van der Waals surface area contributed by atoms with Gasteiger partial charge in [0.1, 0.15) is 11.9 Å². The molecule has 0 amide bonds. The topological polar surface area (TPSA) is 29.5 Å². The zero-order valence-corrected chi connectivity index (χ0v) is 11.3. The summed E-state index contributed by atoms with van der Waals surface area (Å²) in [7, 11) is 0. The van der Waals surface area contributed by atoms with Crippen LogP contribution in [0.3, 0.4) is 0 Å². The first kappa shape index (κ1) is 12.7. The fraction of sp³-hybridized carbons (Fsp3) is 0.571. The third-order valence-corrected chi connectivity index (χ3v) is 3.19. The van der Waals surface area contributed by atoms with E-state index in [-0.39, 0.29) is 11.5 Å². The van der Waals surface area contributed by atoms with Crippen molar-refractivity contribution in [2.24, 2.45) is 5.41 Å². The number of ether oxygens (including phenoxy) is 1. The van der Waals surface area contributed by atoms with Crippen molar-refractivity contribution in [3.8, 4) is 5.75 Å². The van der Waals surface area contributed by atoms with E-state index in [9.17, 15) is 5.11 Å². The molecule has 0 bridgehead atoms. The van der Waals surface area contributed by atoms with Gasteiger partial charge in [0, 0.05) is 17.0 Å². The summed E-state index contributed by atoms with van der Waals surface area (Å²) in [5.41, 5.74) is 1.01. The zero-order valence-electron chi connectivity index (χ0n) is 10.5. The molecule has 1 aliphatic rings. The second-order valence-electron chi connectivity index (χ2n) is 5.94. The molecule has 1 aromatic rings. The summed E-state index contributed by atoms with van der Waals surface area (Å²) < 4.78 is 5.91. The van der Waals surface area contributed by atoms with E-state index in [0.717, 1.165) is 17.7 Å². The molecule has 2 rings (SSSR count). The van der Waals surface area contributed by atoms with Gasteiger partial charge in [0.05, 0.1) is 6.10 Å². The smallest absolute Gasteiger partial charge is 0.125 e. The van der Waals surface area contributed by atoms with E-state index >= 15 is 0 Å². The lowest BCUT2D eigenvalue weighted by Gasteiger charge is -2.33. The van der Waals surface area contributed by atoms with Crippen LogP contribution in [0.25, 0.3) is 0 Å². The number of benzene rings is 1. The maximum absolute atomic E-state index is 10.1. The standard InChI is InChI=1S/C14H19ClO2/c1-14(2,3)8-10-7-12(16)11-6-9(15)4-5-13(11)17-10/h4-6,10,12,16H,7-8H2,1-3H3. The Morgan fingerprint density at radius 1 is 1.41 bits per heavy atom. The highest BCUT2D eigenvalue weighted by Crippen LogP contribution is 2.39. The molecule has 0 aromatic heterocycles. The van der Waals surface area contributed by atoms with Crippen molar-refractivity contribution >= 4 is 11.6 Å². The van der Waals surface area contributed by atoms with Crippen molar-refractivity contribution in [1.82, 2.24) is 0 Å². The fourth-order valence-corrected chi connectivity index (χ4v) is 2.48. The first-order valence-corrected chi connectivity index (χ1v) is 6.37. The van der Waals surface area contributed by atoms with Crippen molar-refractivity contribution in [1.29, 1.82) is 0 Å². The molecular formula is C14H19ClO2. The molecule has 17 heavy (non-hydrogen) atoms. The predicted octanol–water partition coefficient (Wildman–Crippen LogP) is 3.96. The normalized spacial score (nSPS) is 24.1. The van der Waals surface area contributed by atoms with E-state index in [2.05, 4.69) is 20.8 Å². The van der Waals surface area contributed by atoms with Gasteiger partial charge in [-0.25, -0.2) is 0 Å². The lowest BCUT2D eigenvalue weighted by Crippen LogP contribution is -2.29. The predicted molar refractivity (Wildman–Crippen MR) is 69.5 cm³/mol. The molecule has 0 fully saturated rings. The summed E-state index contributed by atoms with van der Waals surface area (Å²) in [6.07, 6.45) is 1.19. The summed E-state index contributed by atoms with van der Waals surface area (Å²) >= 11 is 5.92. The largest absolute Gasteiger partial charge is 0.490 e. The minimum Gasteiger partial charge on any atom is -0.490 e. The number of aliphatic hydroxyl groups excluding tert-OH is 1. The molecule has 1 N–H and O–H groups in total. The van der Waals surface area contributed by atoms with Crippen LogP contribution in [-0.4, -0.2) is 11.2 Å². The Labute approximate surface area is 108 Å². The molecular weight excluding hydrogens is 236 g/mol. The molecule has 2 unspecified atom stereocenters. The van der Waals surface area contributed by atoms with E-state index in [0.29, 0.717) is 11.4 Å². The molecule has 1 aromatic carbocycles. The zero-order chi connectivity index (χ0) is 12.6. The molecule has 94 valence electrons. The first-order chi connectivity index (χ1) is 7.85. The number of hydrogen-bond acceptors (Lipinski definition) is 2. The van der Waals surface area contributed by atoms with E-state index in [4.69, 9.17) is 16.3 Å². The molecule has 0 saturated heterocycles. The van der Waals surface area contributed by atoms with Crippen LogP contribution in [0.15, 0.2) is 18.2 Å². The van der Waals surface area contributed by atoms with Crippen LogP contribution in [0, 0.1) is 5.41 Å². The molecule has 1 aliphatic heterocycles. The van der Waals surface area contributed by atoms with E-state index in [1.807, 2.05) is 6.07 Å². The van der Waals surface area contributed by atoms with E-state index in [1.54, 1.807) is 12.1 Å². The molecule has 3 heteroatoms. The number of fused-ring (bicyclic) bond motifs is 1. The van der Waals surface area contributed by atoms with Crippen molar-refractivity contribution in [3.05, 3.63) is 28.8 Å². The minimum absolute atomic E-state index is 0.0821. The lowest BCUT2D eigenvalue weighted by atomic mass is 9.85. The molecule has 0 radical (unpaired) electrons. The highest BCUT2D eigenvalue weighted by atomic mass is 35.5. The monoisotopic (exact) mass is 254 g/mol. The van der Waals surface area contributed by atoms with Gasteiger partial charge < -0.3 is 9.84 Å². The second kappa shape index (κ2) is 4.51. The maximum Gasteiger partial charge on any atom is 0.125 e. The average Bonchev–Trinajstić information content (AvgIpc) is 2.17. The highest BCUT2D eigenvalue weighted by Gasteiger charge is 2.29. The third-order valence-electron chi connectivity index (χ3n) is 2.95. The maximum atomic E-state index is 10.1. The Bertz CT molecular complexity index is 409. The van der Waals surface area contributed by atoms with Crippen LogP contribution in [-0.2, 0) is 0 Å². The third kappa shape index (κ3) is 3.14. The Balaban J connectivity index is 2.19. The Morgan fingerprint density at radius 2 is 2.12 bits per heavy atom. The lowest BCUT2D eigenvalue weighted by molar-refractivity contribution is 0.0447. The van der Waals surface area contributed by atoms with Crippen LogP contribution in [0.1, 0.15) is 45.3 Å². The highest BCUT2D eigenvalue weighted by molar-refractivity contribution is 6.30. The molecule has 0 spiro atoms. The average molecular weight is 255 g/mol. The molecule has 0 aliphatic carbocycles. The Hall–Kier alpha value is -0.730. The molecule has 2 atom stereocenters. The van der Waals surface area contributed by atoms with Crippen molar-refractivity contribution < 1.29 is 9.84 Å². The van der Waals surface area contributed by atoms with E-state index < -0.39 is 6.10 Å². The quantitative estimate of drug-likeness (QED) is 0.822. The number of aliphatic hydroxyl groups is 1. The van der Waals surface area contributed by atoms with Crippen LogP contribution < -0.4 is 4.74 Å². The van der Waals surface area contributed by atoms with Crippen molar-refractivity contribution in [2.75, 3.05) is 0 Å². The SMILES string of the molecule is CC(C)(C)CC1CC(O)c2cc(Cl)ccc2O1. The van der Waals surface area contributed by atoms with Gasteiger partial charge in [0.15, 0.2) is 0 Å². The summed E-state index contributed by atoms with van der Waals surface area (Å²) in [5.74, 6) is 0.766. The molecule has 0 saturated carbocycles. The van der Waals surface area contributed by atoms with Crippen LogP contribution >= 0.6 is 11.6 Å². The van der Waals surface area contributed by atoms with Gasteiger partial charge in [0.25, 0.3) is 0 Å².